The molecule has 162 valence electrons. The first-order valence-corrected chi connectivity index (χ1v) is 11.5. The number of thioether (sulfide) groups is 1. The molecule has 0 saturated carbocycles. The fraction of sp³-hybridized carbons (Fsp3) is 0.286. The second kappa shape index (κ2) is 10.4. The predicted molar refractivity (Wildman–Crippen MR) is 123 cm³/mol. The summed E-state index contributed by atoms with van der Waals surface area (Å²) in [5.41, 5.74) is 2.38. The Morgan fingerprint density at radius 3 is 2.74 bits per heavy atom. The highest BCUT2D eigenvalue weighted by atomic mass is 32.2. The van der Waals surface area contributed by atoms with Gasteiger partial charge >= 0.3 is 0 Å². The van der Waals surface area contributed by atoms with Gasteiger partial charge in [0.05, 0.1) is 17.5 Å². The Bertz CT molecular complexity index is 1090. The van der Waals surface area contributed by atoms with Crippen molar-refractivity contribution < 1.29 is 9.59 Å². The van der Waals surface area contributed by atoms with Crippen molar-refractivity contribution in [3.05, 3.63) is 64.9 Å². The Morgan fingerprint density at radius 1 is 1.29 bits per heavy atom. The van der Waals surface area contributed by atoms with Crippen molar-refractivity contribution in [2.45, 2.75) is 38.5 Å². The summed E-state index contributed by atoms with van der Waals surface area (Å²) >= 11 is 2.66. The number of carbonyl (C=O) groups is 2. The van der Waals surface area contributed by atoms with Gasteiger partial charge in [0.2, 0.25) is 5.91 Å². The molecule has 2 amide bonds. The van der Waals surface area contributed by atoms with Crippen molar-refractivity contribution in [2.75, 3.05) is 11.1 Å². The van der Waals surface area contributed by atoms with E-state index < -0.39 is 0 Å². The topological polar surface area (TPSA) is 102 Å². The van der Waals surface area contributed by atoms with Crippen LogP contribution in [0.5, 0.6) is 0 Å². The van der Waals surface area contributed by atoms with E-state index in [1.165, 1.54) is 23.1 Å². The molecule has 0 bridgehead atoms. The molecule has 8 nitrogen and oxygen atoms in total. The highest BCUT2D eigenvalue weighted by Crippen LogP contribution is 2.22. The molecule has 3 aromatic rings. The van der Waals surface area contributed by atoms with Crippen LogP contribution in [0.2, 0.25) is 0 Å². The van der Waals surface area contributed by atoms with Crippen LogP contribution >= 0.6 is 23.1 Å². The molecule has 0 aliphatic heterocycles. The van der Waals surface area contributed by atoms with E-state index in [1.807, 2.05) is 48.9 Å². The van der Waals surface area contributed by atoms with E-state index in [0.717, 1.165) is 11.3 Å². The fourth-order valence-corrected chi connectivity index (χ4v) is 4.35. The monoisotopic (exact) mass is 456 g/mol. The van der Waals surface area contributed by atoms with E-state index in [1.54, 1.807) is 12.1 Å². The Balaban J connectivity index is 1.67. The largest absolute Gasteiger partial charge is 0.342 e. The first kappa shape index (κ1) is 22.7. The van der Waals surface area contributed by atoms with Gasteiger partial charge in [-0.15, -0.1) is 28.1 Å². The van der Waals surface area contributed by atoms with Gasteiger partial charge in [0.1, 0.15) is 0 Å². The lowest BCUT2D eigenvalue weighted by atomic mass is 10.1. The van der Waals surface area contributed by atoms with Gasteiger partial charge in [-0.2, -0.15) is 0 Å². The molecule has 2 N–H and O–H groups in total. The van der Waals surface area contributed by atoms with Crippen molar-refractivity contribution >= 4 is 40.0 Å². The average molecular weight is 457 g/mol. The third-order valence-electron chi connectivity index (χ3n) is 4.38. The van der Waals surface area contributed by atoms with E-state index in [-0.39, 0.29) is 23.6 Å². The molecule has 10 heteroatoms. The summed E-state index contributed by atoms with van der Waals surface area (Å²) in [4.78, 5) is 29.1. The number of carbonyl (C=O) groups excluding carboxylic acids is 2. The van der Waals surface area contributed by atoms with Crippen molar-refractivity contribution in [3.63, 3.8) is 0 Å². The van der Waals surface area contributed by atoms with Crippen LogP contribution in [0.1, 0.15) is 40.4 Å². The van der Waals surface area contributed by atoms with Crippen molar-refractivity contribution in [3.8, 4) is 0 Å². The van der Waals surface area contributed by atoms with Crippen LogP contribution in [0.4, 0.5) is 5.13 Å². The molecule has 1 aromatic carbocycles. The number of anilines is 1. The third kappa shape index (κ3) is 5.80. The van der Waals surface area contributed by atoms with Crippen molar-refractivity contribution in [1.82, 2.24) is 25.1 Å². The van der Waals surface area contributed by atoms with Gasteiger partial charge in [-0.05, 0) is 32.4 Å². The van der Waals surface area contributed by atoms with E-state index in [2.05, 4.69) is 32.4 Å². The summed E-state index contributed by atoms with van der Waals surface area (Å²) in [6.45, 7) is 9.87. The van der Waals surface area contributed by atoms with Gasteiger partial charge in [0.25, 0.3) is 5.91 Å². The summed E-state index contributed by atoms with van der Waals surface area (Å²) < 4.78 is 1.85. The minimum atomic E-state index is -0.374. The molecule has 0 saturated heterocycles. The second-order valence-electron chi connectivity index (χ2n) is 6.88. The van der Waals surface area contributed by atoms with Gasteiger partial charge in [-0.25, -0.2) is 4.98 Å². The van der Waals surface area contributed by atoms with E-state index in [0.29, 0.717) is 28.2 Å². The molecule has 31 heavy (non-hydrogen) atoms. The normalized spacial score (nSPS) is 11.7. The first-order valence-electron chi connectivity index (χ1n) is 9.64. The lowest BCUT2D eigenvalue weighted by Gasteiger charge is -2.16. The van der Waals surface area contributed by atoms with Crippen LogP contribution < -0.4 is 10.6 Å². The van der Waals surface area contributed by atoms with E-state index >= 15 is 0 Å². The number of benzene rings is 1. The van der Waals surface area contributed by atoms with Gasteiger partial charge in [0, 0.05) is 17.5 Å². The lowest BCUT2D eigenvalue weighted by Crippen LogP contribution is -2.29. The van der Waals surface area contributed by atoms with Crippen LogP contribution in [0.25, 0.3) is 0 Å². The summed E-state index contributed by atoms with van der Waals surface area (Å²) in [7, 11) is 0. The number of thiazole rings is 1. The highest BCUT2D eigenvalue weighted by Gasteiger charge is 2.21. The number of hydrogen-bond acceptors (Lipinski definition) is 7. The number of nitrogens with zero attached hydrogens (tertiary/aromatic N) is 4. The summed E-state index contributed by atoms with van der Waals surface area (Å²) in [6.07, 6.45) is 1.73. The SMILES string of the molecule is C=CCn1c(SCC(=O)Nc2nc(C)cs2)nnc1[C@@H](C)NC(=O)c1ccccc1C. The molecule has 0 aliphatic carbocycles. The molecular formula is C21H24N6O2S2. The minimum Gasteiger partial charge on any atom is -0.342 e. The number of allylic oxidation sites excluding steroid dienone is 1. The molecule has 0 fully saturated rings. The Kier molecular flexibility index (Phi) is 7.59. The molecular weight excluding hydrogens is 432 g/mol. The van der Waals surface area contributed by atoms with E-state index in [4.69, 9.17) is 0 Å². The smallest absolute Gasteiger partial charge is 0.252 e. The average Bonchev–Trinajstić information content (AvgIpc) is 3.32. The number of aromatic nitrogens is 4. The van der Waals surface area contributed by atoms with Gasteiger partial charge in [-0.3, -0.25) is 9.59 Å². The number of rotatable bonds is 9. The maximum absolute atomic E-state index is 12.7. The zero-order valence-corrected chi connectivity index (χ0v) is 19.2. The predicted octanol–water partition coefficient (Wildman–Crippen LogP) is 3.76. The number of amides is 2. The van der Waals surface area contributed by atoms with Crippen LogP contribution in [0.15, 0.2) is 47.5 Å². The fourth-order valence-electron chi connectivity index (χ4n) is 2.89. The maximum Gasteiger partial charge on any atom is 0.252 e. The minimum absolute atomic E-state index is 0.165. The summed E-state index contributed by atoms with van der Waals surface area (Å²) in [6, 6.07) is 7.04. The maximum atomic E-state index is 12.7. The number of hydrogen-bond donors (Lipinski definition) is 2. The van der Waals surface area contributed by atoms with Gasteiger partial charge in [0.15, 0.2) is 16.1 Å². The molecule has 0 radical (unpaired) electrons. The van der Waals surface area contributed by atoms with Gasteiger partial charge in [-0.1, -0.05) is 36.0 Å². The zero-order valence-electron chi connectivity index (χ0n) is 17.6. The van der Waals surface area contributed by atoms with Gasteiger partial charge < -0.3 is 15.2 Å². The highest BCUT2D eigenvalue weighted by molar-refractivity contribution is 7.99. The van der Waals surface area contributed by atoms with Crippen LogP contribution in [0.3, 0.4) is 0 Å². The molecule has 0 aliphatic rings. The standard InChI is InChI=1S/C21H24N6O2S2/c1-5-10-27-18(15(4)23-19(29)16-9-7-6-8-13(16)2)25-26-21(27)31-12-17(28)24-20-22-14(3)11-30-20/h5-9,11,15H,1,10,12H2,2-4H3,(H,23,29)(H,22,24,28)/t15-/m1/s1. The molecule has 0 unspecified atom stereocenters. The van der Waals surface area contributed by atoms with Crippen molar-refractivity contribution in [1.29, 1.82) is 0 Å². The number of aryl methyl sites for hydroxylation is 2. The van der Waals surface area contributed by atoms with E-state index in [9.17, 15) is 9.59 Å². The quantitative estimate of drug-likeness (QED) is 0.375. The Labute approximate surface area is 189 Å². The lowest BCUT2D eigenvalue weighted by molar-refractivity contribution is -0.113. The molecule has 0 spiro atoms. The first-order chi connectivity index (χ1) is 14.9. The van der Waals surface area contributed by atoms with Crippen LogP contribution in [-0.2, 0) is 11.3 Å². The molecule has 2 aromatic heterocycles. The Morgan fingerprint density at radius 2 is 2.06 bits per heavy atom. The molecule has 1 atom stereocenters. The zero-order chi connectivity index (χ0) is 22.4. The van der Waals surface area contributed by atoms with Crippen LogP contribution in [0, 0.1) is 13.8 Å². The van der Waals surface area contributed by atoms with Crippen LogP contribution in [-0.4, -0.2) is 37.3 Å². The van der Waals surface area contributed by atoms with Crippen molar-refractivity contribution in [2.24, 2.45) is 0 Å². The summed E-state index contributed by atoms with van der Waals surface area (Å²) in [5, 5.41) is 17.3. The molecule has 3 rings (SSSR count). The third-order valence-corrected chi connectivity index (χ3v) is 6.22. The Hall–Kier alpha value is -2.98. The molecule has 2 heterocycles. The summed E-state index contributed by atoms with van der Waals surface area (Å²) in [5.74, 6) is 0.416. The number of nitrogens with one attached hydrogen (secondary N) is 2. The second-order valence-corrected chi connectivity index (χ2v) is 8.68.